The van der Waals surface area contributed by atoms with Crippen molar-refractivity contribution in [3.8, 4) is 5.75 Å². The molecule has 0 saturated heterocycles. The highest BCUT2D eigenvalue weighted by molar-refractivity contribution is 5.98. The summed E-state index contributed by atoms with van der Waals surface area (Å²) in [6.07, 6.45) is 7.49. The minimum Gasteiger partial charge on any atom is -0.492 e. The lowest BCUT2D eigenvalue weighted by atomic mass is 9.80. The average Bonchev–Trinajstić information content (AvgIpc) is 2.24. The highest BCUT2D eigenvalue weighted by atomic mass is 16.5. The summed E-state index contributed by atoms with van der Waals surface area (Å²) in [6.45, 7) is 2.72. The largest absolute Gasteiger partial charge is 0.492 e. The third kappa shape index (κ3) is 2.40. The molecule has 0 unspecified atom stereocenters. The number of hydrogen-bond acceptors (Lipinski definition) is 3. The Balaban J connectivity index is 2.05. The van der Waals surface area contributed by atoms with Gasteiger partial charge in [0.25, 0.3) is 0 Å². The van der Waals surface area contributed by atoms with Crippen LogP contribution >= 0.6 is 0 Å². The van der Waals surface area contributed by atoms with Crippen LogP contribution in [0.15, 0.2) is 18.5 Å². The van der Waals surface area contributed by atoms with Crippen molar-refractivity contribution >= 4 is 5.78 Å². The zero-order valence-electron chi connectivity index (χ0n) is 9.61. The van der Waals surface area contributed by atoms with Crippen molar-refractivity contribution in [1.29, 1.82) is 0 Å². The first kappa shape index (κ1) is 11.1. The molecule has 0 spiro atoms. The first-order chi connectivity index (χ1) is 7.81. The first-order valence-corrected chi connectivity index (χ1v) is 5.93. The number of nitrogens with zero attached hydrogens (tertiary/aromatic N) is 1. The standard InChI is InChI=1S/C13H17NO2/c1-2-6-16-12-7-11(8-14-9-12)13(15)10-4-3-5-10/h7-10H,2-6H2,1H3. The van der Waals surface area contributed by atoms with Gasteiger partial charge in [-0.05, 0) is 25.3 Å². The number of rotatable bonds is 5. The molecule has 0 amide bonds. The molecule has 1 aliphatic carbocycles. The van der Waals surface area contributed by atoms with Crippen molar-refractivity contribution < 1.29 is 9.53 Å². The Kier molecular flexibility index (Phi) is 3.54. The molecule has 1 fully saturated rings. The molecule has 1 saturated carbocycles. The van der Waals surface area contributed by atoms with Gasteiger partial charge >= 0.3 is 0 Å². The van der Waals surface area contributed by atoms with Crippen molar-refractivity contribution in [2.75, 3.05) is 6.61 Å². The van der Waals surface area contributed by atoms with Gasteiger partial charge < -0.3 is 4.74 Å². The molecule has 0 atom stereocenters. The molecule has 1 aromatic rings. The summed E-state index contributed by atoms with van der Waals surface area (Å²) in [5, 5.41) is 0. The molecular formula is C13H17NO2. The van der Waals surface area contributed by atoms with Crippen LogP contribution in [0.2, 0.25) is 0 Å². The molecule has 0 aliphatic heterocycles. The van der Waals surface area contributed by atoms with Gasteiger partial charge in [0.15, 0.2) is 5.78 Å². The van der Waals surface area contributed by atoms with Gasteiger partial charge in [-0.25, -0.2) is 0 Å². The minimum absolute atomic E-state index is 0.223. The van der Waals surface area contributed by atoms with Gasteiger partial charge in [0.05, 0.1) is 12.8 Å². The number of ether oxygens (including phenoxy) is 1. The molecule has 0 bridgehead atoms. The molecule has 3 heteroatoms. The SMILES string of the molecule is CCCOc1cncc(C(=O)C2CCC2)c1. The predicted molar refractivity (Wildman–Crippen MR) is 61.7 cm³/mol. The Morgan fingerprint density at radius 1 is 1.50 bits per heavy atom. The van der Waals surface area contributed by atoms with E-state index in [0.717, 1.165) is 19.3 Å². The normalized spacial score (nSPS) is 15.6. The van der Waals surface area contributed by atoms with E-state index in [4.69, 9.17) is 4.74 Å². The van der Waals surface area contributed by atoms with Gasteiger partial charge in [0.1, 0.15) is 5.75 Å². The Labute approximate surface area is 95.8 Å². The van der Waals surface area contributed by atoms with Gasteiger partial charge in [-0.15, -0.1) is 0 Å². The molecule has 1 aliphatic rings. The van der Waals surface area contributed by atoms with E-state index in [1.807, 2.05) is 6.07 Å². The monoisotopic (exact) mass is 219 g/mol. The number of ketones is 1. The molecule has 3 nitrogen and oxygen atoms in total. The summed E-state index contributed by atoms with van der Waals surface area (Å²) in [4.78, 5) is 16.0. The molecule has 0 radical (unpaired) electrons. The van der Waals surface area contributed by atoms with Crippen LogP contribution in [0.25, 0.3) is 0 Å². The number of carbonyl (C=O) groups is 1. The molecule has 2 rings (SSSR count). The van der Waals surface area contributed by atoms with Crippen LogP contribution in [-0.2, 0) is 0 Å². The molecular weight excluding hydrogens is 202 g/mol. The fraction of sp³-hybridized carbons (Fsp3) is 0.538. The average molecular weight is 219 g/mol. The lowest BCUT2D eigenvalue weighted by Gasteiger charge is -2.23. The van der Waals surface area contributed by atoms with Crippen LogP contribution in [0.4, 0.5) is 0 Å². The maximum Gasteiger partial charge on any atom is 0.167 e. The van der Waals surface area contributed by atoms with Crippen LogP contribution in [0.1, 0.15) is 43.0 Å². The van der Waals surface area contributed by atoms with E-state index >= 15 is 0 Å². The van der Waals surface area contributed by atoms with Crippen LogP contribution in [0.5, 0.6) is 5.75 Å². The summed E-state index contributed by atoms with van der Waals surface area (Å²) in [7, 11) is 0. The second kappa shape index (κ2) is 5.10. The van der Waals surface area contributed by atoms with E-state index in [0.29, 0.717) is 17.9 Å². The maximum absolute atomic E-state index is 12.0. The Morgan fingerprint density at radius 3 is 2.94 bits per heavy atom. The summed E-state index contributed by atoms with van der Waals surface area (Å²) >= 11 is 0. The molecule has 1 aromatic heterocycles. The van der Waals surface area contributed by atoms with Crippen LogP contribution in [0, 0.1) is 5.92 Å². The summed E-state index contributed by atoms with van der Waals surface area (Å²) < 4.78 is 5.46. The van der Waals surface area contributed by atoms with Crippen molar-refractivity contribution in [3.05, 3.63) is 24.0 Å². The lowest BCUT2D eigenvalue weighted by molar-refractivity contribution is 0.0854. The van der Waals surface area contributed by atoms with Gasteiger partial charge in [0, 0.05) is 17.7 Å². The summed E-state index contributed by atoms with van der Waals surface area (Å²) in [5.41, 5.74) is 0.693. The zero-order valence-corrected chi connectivity index (χ0v) is 9.61. The minimum atomic E-state index is 0.223. The summed E-state index contributed by atoms with van der Waals surface area (Å²) in [5.74, 6) is 1.15. The van der Waals surface area contributed by atoms with Crippen LogP contribution in [0.3, 0.4) is 0 Å². The van der Waals surface area contributed by atoms with E-state index < -0.39 is 0 Å². The topological polar surface area (TPSA) is 39.2 Å². The molecule has 1 heterocycles. The van der Waals surface area contributed by atoms with Gasteiger partial charge in [-0.3, -0.25) is 9.78 Å². The van der Waals surface area contributed by atoms with Crippen molar-refractivity contribution in [1.82, 2.24) is 4.98 Å². The van der Waals surface area contributed by atoms with Crippen LogP contribution in [-0.4, -0.2) is 17.4 Å². The number of aromatic nitrogens is 1. The second-order valence-corrected chi connectivity index (χ2v) is 4.25. The van der Waals surface area contributed by atoms with Crippen molar-refractivity contribution in [2.24, 2.45) is 5.92 Å². The first-order valence-electron chi connectivity index (χ1n) is 5.93. The second-order valence-electron chi connectivity index (χ2n) is 4.25. The maximum atomic E-state index is 12.0. The fourth-order valence-electron chi connectivity index (χ4n) is 1.76. The van der Waals surface area contributed by atoms with Crippen molar-refractivity contribution in [2.45, 2.75) is 32.6 Å². The summed E-state index contributed by atoms with van der Waals surface area (Å²) in [6, 6.07) is 1.81. The third-order valence-electron chi connectivity index (χ3n) is 2.95. The molecule has 16 heavy (non-hydrogen) atoms. The van der Waals surface area contributed by atoms with Gasteiger partial charge in [-0.2, -0.15) is 0 Å². The van der Waals surface area contributed by atoms with E-state index in [2.05, 4.69) is 11.9 Å². The molecule has 86 valence electrons. The predicted octanol–water partition coefficient (Wildman–Crippen LogP) is 2.85. The zero-order chi connectivity index (χ0) is 11.4. The Hall–Kier alpha value is -1.38. The van der Waals surface area contributed by atoms with Crippen LogP contribution < -0.4 is 4.74 Å². The van der Waals surface area contributed by atoms with E-state index in [-0.39, 0.29) is 11.7 Å². The fourth-order valence-corrected chi connectivity index (χ4v) is 1.76. The highest BCUT2D eigenvalue weighted by Crippen LogP contribution is 2.30. The van der Waals surface area contributed by atoms with Gasteiger partial charge in [0.2, 0.25) is 0 Å². The Bertz CT molecular complexity index is 372. The number of pyridine rings is 1. The lowest BCUT2D eigenvalue weighted by Crippen LogP contribution is -2.22. The third-order valence-corrected chi connectivity index (χ3v) is 2.95. The Morgan fingerprint density at radius 2 is 2.31 bits per heavy atom. The van der Waals surface area contributed by atoms with E-state index in [1.165, 1.54) is 6.42 Å². The van der Waals surface area contributed by atoms with Crippen molar-refractivity contribution in [3.63, 3.8) is 0 Å². The van der Waals surface area contributed by atoms with E-state index in [1.54, 1.807) is 12.4 Å². The number of Topliss-reactive ketones (excluding diaryl/α,β-unsaturated/α-hetero) is 1. The highest BCUT2D eigenvalue weighted by Gasteiger charge is 2.26. The van der Waals surface area contributed by atoms with E-state index in [9.17, 15) is 4.79 Å². The smallest absolute Gasteiger partial charge is 0.167 e. The quantitative estimate of drug-likeness (QED) is 0.715. The molecule has 0 aromatic carbocycles. The number of carbonyl (C=O) groups excluding carboxylic acids is 1. The van der Waals surface area contributed by atoms with Gasteiger partial charge in [-0.1, -0.05) is 13.3 Å². The number of hydrogen-bond donors (Lipinski definition) is 0. The molecule has 0 N–H and O–H groups in total.